The number of methoxy groups -OCH3 is 1. The third-order valence-corrected chi connectivity index (χ3v) is 4.55. The first kappa shape index (κ1) is 14.5. The van der Waals surface area contributed by atoms with Gasteiger partial charge in [-0.15, -0.1) is 11.3 Å². The van der Waals surface area contributed by atoms with E-state index in [9.17, 15) is 0 Å². The predicted molar refractivity (Wildman–Crippen MR) is 82.3 cm³/mol. The molecule has 1 aromatic heterocycles. The number of nitrogens with two attached hydrogens (primary N) is 1. The second kappa shape index (κ2) is 6.48. The first-order valence-electron chi connectivity index (χ1n) is 6.61. The van der Waals surface area contributed by atoms with E-state index in [1.165, 1.54) is 15.6 Å². The summed E-state index contributed by atoms with van der Waals surface area (Å²) in [5, 5.41) is 3.55. The van der Waals surface area contributed by atoms with Crippen molar-refractivity contribution in [1.82, 2.24) is 5.43 Å². The highest BCUT2D eigenvalue weighted by atomic mass is 32.1. The number of rotatable bonds is 6. The van der Waals surface area contributed by atoms with Crippen molar-refractivity contribution < 1.29 is 4.74 Å². The van der Waals surface area contributed by atoms with E-state index >= 15 is 0 Å². The largest absolute Gasteiger partial charge is 0.380 e. The van der Waals surface area contributed by atoms with E-state index < -0.39 is 0 Å². The van der Waals surface area contributed by atoms with Crippen molar-refractivity contribution in [3.8, 4) is 0 Å². The van der Waals surface area contributed by atoms with Gasteiger partial charge in [-0.2, -0.15) is 0 Å². The number of hydrazine groups is 1. The van der Waals surface area contributed by atoms with Gasteiger partial charge in [0.15, 0.2) is 0 Å². The molecule has 1 heterocycles. The summed E-state index contributed by atoms with van der Waals surface area (Å²) in [4.78, 5) is 0. The molecule has 0 saturated heterocycles. The summed E-state index contributed by atoms with van der Waals surface area (Å²) < 4.78 is 6.91. The van der Waals surface area contributed by atoms with Gasteiger partial charge in [-0.3, -0.25) is 11.3 Å². The molecule has 0 fully saturated rings. The van der Waals surface area contributed by atoms with Crippen LogP contribution < -0.4 is 11.3 Å². The Hall–Kier alpha value is -0.940. The highest BCUT2D eigenvalue weighted by molar-refractivity contribution is 7.17. The predicted octanol–water partition coefficient (Wildman–Crippen LogP) is 2.95. The first-order chi connectivity index (χ1) is 9.17. The minimum Gasteiger partial charge on any atom is -0.380 e. The maximum absolute atomic E-state index is 5.72. The van der Waals surface area contributed by atoms with Crippen molar-refractivity contribution in [2.75, 3.05) is 7.11 Å². The summed E-state index contributed by atoms with van der Waals surface area (Å²) in [5.74, 6) is 6.15. The van der Waals surface area contributed by atoms with Crippen LogP contribution >= 0.6 is 11.3 Å². The van der Waals surface area contributed by atoms with Crippen molar-refractivity contribution in [1.29, 1.82) is 0 Å². The maximum Gasteiger partial charge on any atom is 0.0763 e. The van der Waals surface area contributed by atoms with Crippen molar-refractivity contribution in [2.45, 2.75) is 32.4 Å². The quantitative estimate of drug-likeness (QED) is 0.631. The molecule has 4 heteroatoms. The summed E-state index contributed by atoms with van der Waals surface area (Å²) in [6.45, 7) is 4.31. The Labute approximate surface area is 118 Å². The third-order valence-electron chi connectivity index (χ3n) is 3.54. The fourth-order valence-corrected chi connectivity index (χ4v) is 3.57. The van der Waals surface area contributed by atoms with Crippen LogP contribution in [-0.2, 0) is 11.2 Å². The van der Waals surface area contributed by atoms with Gasteiger partial charge in [0.1, 0.15) is 0 Å². The summed E-state index contributed by atoms with van der Waals surface area (Å²) >= 11 is 1.78. The van der Waals surface area contributed by atoms with Gasteiger partial charge in [-0.1, -0.05) is 32.0 Å². The van der Waals surface area contributed by atoms with Gasteiger partial charge in [0, 0.05) is 11.8 Å². The molecule has 19 heavy (non-hydrogen) atoms. The Morgan fingerprint density at radius 2 is 2.05 bits per heavy atom. The monoisotopic (exact) mass is 278 g/mol. The van der Waals surface area contributed by atoms with E-state index in [0.29, 0.717) is 5.92 Å². The Morgan fingerprint density at radius 3 is 2.68 bits per heavy atom. The standard InChI is InChI=1S/C15H22N2OS/c1-10(2)15(18-3)13(17-16)8-11-9-19-14-7-5-4-6-12(11)14/h4-7,9-10,13,15,17H,8,16H2,1-3H3. The zero-order valence-corrected chi connectivity index (χ0v) is 12.5. The zero-order chi connectivity index (χ0) is 13.8. The molecule has 0 bridgehead atoms. The van der Waals surface area contributed by atoms with Crippen molar-refractivity contribution in [3.63, 3.8) is 0 Å². The van der Waals surface area contributed by atoms with Crippen LogP contribution in [0.4, 0.5) is 0 Å². The number of thiophene rings is 1. The molecule has 3 N–H and O–H groups in total. The second-order valence-electron chi connectivity index (χ2n) is 5.18. The molecule has 2 aromatic rings. The van der Waals surface area contributed by atoms with Gasteiger partial charge in [0.05, 0.1) is 12.1 Å². The lowest BCUT2D eigenvalue weighted by Crippen LogP contribution is -2.48. The van der Waals surface area contributed by atoms with Crippen molar-refractivity contribution in [3.05, 3.63) is 35.2 Å². The SMILES string of the molecule is COC(C(C)C)C(Cc1csc2ccccc12)NN. The molecule has 104 valence electrons. The van der Waals surface area contributed by atoms with Crippen LogP contribution in [0.2, 0.25) is 0 Å². The Balaban J connectivity index is 2.22. The molecular weight excluding hydrogens is 256 g/mol. The van der Waals surface area contributed by atoms with Gasteiger partial charge in [0.2, 0.25) is 0 Å². The van der Waals surface area contributed by atoms with Crippen molar-refractivity contribution in [2.24, 2.45) is 11.8 Å². The van der Waals surface area contributed by atoms with Gasteiger partial charge < -0.3 is 4.74 Å². The van der Waals surface area contributed by atoms with Crippen LogP contribution in [0.5, 0.6) is 0 Å². The molecular formula is C15H22N2OS. The molecule has 0 amide bonds. The van der Waals surface area contributed by atoms with E-state index in [0.717, 1.165) is 6.42 Å². The first-order valence-corrected chi connectivity index (χ1v) is 7.49. The molecule has 0 spiro atoms. The lowest BCUT2D eigenvalue weighted by Gasteiger charge is -2.28. The minimum atomic E-state index is 0.115. The van der Waals surface area contributed by atoms with Crippen LogP contribution in [0.15, 0.2) is 29.6 Å². The highest BCUT2D eigenvalue weighted by Gasteiger charge is 2.24. The van der Waals surface area contributed by atoms with Crippen molar-refractivity contribution >= 4 is 21.4 Å². The summed E-state index contributed by atoms with van der Waals surface area (Å²) in [5.41, 5.74) is 4.26. The maximum atomic E-state index is 5.72. The molecule has 2 atom stereocenters. The average Bonchev–Trinajstić information content (AvgIpc) is 2.81. The van der Waals surface area contributed by atoms with Crippen LogP contribution in [0, 0.1) is 5.92 Å². The topological polar surface area (TPSA) is 47.3 Å². The molecule has 2 rings (SSSR count). The second-order valence-corrected chi connectivity index (χ2v) is 6.09. The van der Waals surface area contributed by atoms with E-state index in [-0.39, 0.29) is 12.1 Å². The van der Waals surface area contributed by atoms with Crippen LogP contribution in [0.3, 0.4) is 0 Å². The Bertz CT molecular complexity index is 524. The lowest BCUT2D eigenvalue weighted by molar-refractivity contribution is 0.0333. The molecule has 0 aliphatic carbocycles. The molecule has 0 aliphatic rings. The summed E-state index contributed by atoms with van der Waals surface area (Å²) in [6.07, 6.45) is 1.00. The number of hydrogen-bond acceptors (Lipinski definition) is 4. The molecule has 1 aromatic carbocycles. The van der Waals surface area contributed by atoms with Gasteiger partial charge in [-0.05, 0) is 34.7 Å². The normalized spacial score (nSPS) is 15.0. The van der Waals surface area contributed by atoms with Crippen LogP contribution in [0.25, 0.3) is 10.1 Å². The van der Waals surface area contributed by atoms with E-state index in [2.05, 4.69) is 48.9 Å². The number of nitrogens with one attached hydrogen (secondary N) is 1. The fourth-order valence-electron chi connectivity index (χ4n) is 2.60. The number of hydrogen-bond donors (Lipinski definition) is 2. The van der Waals surface area contributed by atoms with E-state index in [4.69, 9.17) is 10.6 Å². The minimum absolute atomic E-state index is 0.115. The number of ether oxygens (including phenoxy) is 1. The molecule has 2 unspecified atom stereocenters. The number of fused-ring (bicyclic) bond motifs is 1. The fraction of sp³-hybridized carbons (Fsp3) is 0.467. The average molecular weight is 278 g/mol. The Morgan fingerprint density at radius 1 is 1.32 bits per heavy atom. The van der Waals surface area contributed by atoms with E-state index in [1.54, 1.807) is 18.4 Å². The zero-order valence-electron chi connectivity index (χ0n) is 11.7. The third kappa shape index (κ3) is 3.15. The molecule has 0 saturated carbocycles. The number of benzene rings is 1. The molecule has 3 nitrogen and oxygen atoms in total. The highest BCUT2D eigenvalue weighted by Crippen LogP contribution is 2.27. The van der Waals surface area contributed by atoms with E-state index in [1.807, 2.05) is 0 Å². The summed E-state index contributed by atoms with van der Waals surface area (Å²) in [6, 6.07) is 8.62. The molecule has 0 radical (unpaired) electrons. The van der Waals surface area contributed by atoms with Gasteiger partial charge in [-0.25, -0.2) is 0 Å². The summed E-state index contributed by atoms with van der Waals surface area (Å²) in [7, 11) is 1.75. The smallest absolute Gasteiger partial charge is 0.0763 e. The van der Waals surface area contributed by atoms with Crippen LogP contribution in [0.1, 0.15) is 19.4 Å². The van der Waals surface area contributed by atoms with Crippen LogP contribution in [-0.4, -0.2) is 19.3 Å². The molecule has 0 aliphatic heterocycles. The van der Waals surface area contributed by atoms with Gasteiger partial charge in [0.25, 0.3) is 0 Å². The Kier molecular flexibility index (Phi) is 4.93. The van der Waals surface area contributed by atoms with Gasteiger partial charge >= 0.3 is 0 Å². The lowest BCUT2D eigenvalue weighted by atomic mass is 9.94.